The minimum Gasteiger partial charge on any atom is -0.489 e. The van der Waals surface area contributed by atoms with E-state index < -0.39 is 18.1 Å². The monoisotopic (exact) mass is 630 g/mol. The molecule has 2 aliphatic rings. The van der Waals surface area contributed by atoms with Gasteiger partial charge in [-0.15, -0.1) is 0 Å². The molecule has 2 aliphatic heterocycles. The second kappa shape index (κ2) is 12.5. The van der Waals surface area contributed by atoms with Gasteiger partial charge in [0.2, 0.25) is 6.10 Å². The van der Waals surface area contributed by atoms with E-state index in [2.05, 4.69) is 11.8 Å². The standard InChI is InChI=1S/C35H32Cl2N2O5/c1-3-29(22-7-5-4-6-8-22)39-19-25-18-32-30(16-24(25)17-31(39)35(41)42)38(2)34(40)33(44-32)23-10-12-26(13-11-23)43-20-21-9-14-27(36)28(37)15-21/h4-16,18,29,31,33H,3,17,19-20H2,1-2H3,(H,41,42)/t29?,31-,33+/m0/s1. The van der Waals surface area contributed by atoms with Crippen molar-refractivity contribution in [2.24, 2.45) is 0 Å². The third-order valence-corrected chi connectivity index (χ3v) is 9.18. The SMILES string of the molecule is CCC(c1ccccc1)N1Cc2cc3c(cc2C[C@H]1C(=O)O)N(C)C(=O)[C@@H](c1ccc(OCc2ccc(Cl)c(Cl)c2)cc1)O3. The number of benzene rings is 4. The van der Waals surface area contributed by atoms with Gasteiger partial charge in [-0.05, 0) is 71.5 Å². The van der Waals surface area contributed by atoms with Crippen LogP contribution in [-0.2, 0) is 29.2 Å². The van der Waals surface area contributed by atoms with Gasteiger partial charge in [0, 0.05) is 25.2 Å². The molecule has 3 atom stereocenters. The topological polar surface area (TPSA) is 79.3 Å². The molecule has 4 aromatic carbocycles. The van der Waals surface area contributed by atoms with Crippen LogP contribution in [0, 0.1) is 0 Å². The Kier molecular flexibility index (Phi) is 8.54. The highest BCUT2D eigenvalue weighted by Gasteiger charge is 2.39. The van der Waals surface area contributed by atoms with E-state index in [4.69, 9.17) is 32.7 Å². The summed E-state index contributed by atoms with van der Waals surface area (Å²) in [6.07, 6.45) is 0.293. The maximum absolute atomic E-state index is 13.5. The number of hydrogen-bond donors (Lipinski definition) is 1. The van der Waals surface area contributed by atoms with Gasteiger partial charge in [-0.3, -0.25) is 14.5 Å². The lowest BCUT2D eigenvalue weighted by Crippen LogP contribution is -2.47. The molecule has 0 aliphatic carbocycles. The summed E-state index contributed by atoms with van der Waals surface area (Å²) in [5.74, 6) is 0.178. The summed E-state index contributed by atoms with van der Waals surface area (Å²) in [5.41, 5.74) is 5.24. The van der Waals surface area contributed by atoms with Crippen LogP contribution in [-0.4, -0.2) is 35.0 Å². The number of likely N-dealkylation sites (N-methyl/N-ethyl adjacent to an activating group) is 1. The van der Waals surface area contributed by atoms with E-state index >= 15 is 0 Å². The van der Waals surface area contributed by atoms with Gasteiger partial charge in [0.25, 0.3) is 5.91 Å². The van der Waals surface area contributed by atoms with Crippen LogP contribution in [0.4, 0.5) is 5.69 Å². The number of halogens is 2. The summed E-state index contributed by atoms with van der Waals surface area (Å²) >= 11 is 12.1. The Morgan fingerprint density at radius 2 is 1.75 bits per heavy atom. The van der Waals surface area contributed by atoms with Gasteiger partial charge >= 0.3 is 5.97 Å². The fraction of sp³-hybridized carbons (Fsp3) is 0.257. The predicted molar refractivity (Wildman–Crippen MR) is 171 cm³/mol. The van der Waals surface area contributed by atoms with Gasteiger partial charge < -0.3 is 19.5 Å². The molecular weight excluding hydrogens is 599 g/mol. The number of carboxylic acids is 1. The number of rotatable bonds is 8. The van der Waals surface area contributed by atoms with Crippen molar-refractivity contribution in [3.63, 3.8) is 0 Å². The lowest BCUT2D eigenvalue weighted by Gasteiger charge is -2.41. The average Bonchev–Trinajstić information content (AvgIpc) is 3.03. The van der Waals surface area contributed by atoms with E-state index in [0.29, 0.717) is 52.4 Å². The number of carbonyl (C=O) groups is 2. The summed E-state index contributed by atoms with van der Waals surface area (Å²) < 4.78 is 12.3. The van der Waals surface area contributed by atoms with Crippen molar-refractivity contribution in [1.29, 1.82) is 0 Å². The zero-order valence-electron chi connectivity index (χ0n) is 24.4. The number of hydrogen-bond acceptors (Lipinski definition) is 5. The fourth-order valence-electron chi connectivity index (χ4n) is 6.09. The van der Waals surface area contributed by atoms with Crippen molar-refractivity contribution in [1.82, 2.24) is 4.90 Å². The molecule has 0 saturated carbocycles. The first kappa shape index (κ1) is 30.0. The number of carboxylic acid groups (broad SMARTS) is 1. The number of nitrogens with zero attached hydrogens (tertiary/aromatic N) is 2. The van der Waals surface area contributed by atoms with Gasteiger partial charge in [-0.1, -0.05) is 78.7 Å². The fourth-order valence-corrected chi connectivity index (χ4v) is 6.41. The molecule has 44 heavy (non-hydrogen) atoms. The molecule has 1 unspecified atom stereocenters. The molecule has 0 fully saturated rings. The first-order valence-electron chi connectivity index (χ1n) is 14.5. The van der Waals surface area contributed by atoms with Crippen LogP contribution in [0.3, 0.4) is 0 Å². The summed E-state index contributed by atoms with van der Waals surface area (Å²) in [4.78, 5) is 29.6. The largest absolute Gasteiger partial charge is 0.489 e. The smallest absolute Gasteiger partial charge is 0.321 e. The third kappa shape index (κ3) is 5.87. The van der Waals surface area contributed by atoms with Gasteiger partial charge in [-0.2, -0.15) is 0 Å². The van der Waals surface area contributed by atoms with Crippen LogP contribution in [0.5, 0.6) is 11.5 Å². The Morgan fingerprint density at radius 3 is 2.43 bits per heavy atom. The summed E-state index contributed by atoms with van der Waals surface area (Å²) in [7, 11) is 1.73. The van der Waals surface area contributed by atoms with E-state index in [1.807, 2.05) is 72.8 Å². The molecule has 9 heteroatoms. The van der Waals surface area contributed by atoms with Crippen molar-refractivity contribution < 1.29 is 24.2 Å². The van der Waals surface area contributed by atoms with Crippen molar-refractivity contribution in [2.45, 2.75) is 51.1 Å². The Hall–Kier alpha value is -4.04. The van der Waals surface area contributed by atoms with Crippen LogP contribution in [0.15, 0.2) is 84.9 Å². The van der Waals surface area contributed by atoms with Gasteiger partial charge in [0.15, 0.2) is 0 Å². The number of carbonyl (C=O) groups excluding carboxylic acids is 1. The molecule has 0 radical (unpaired) electrons. The van der Waals surface area contributed by atoms with Gasteiger partial charge in [0.05, 0.1) is 15.7 Å². The normalized spacial score (nSPS) is 18.6. The molecule has 7 nitrogen and oxygen atoms in total. The van der Waals surface area contributed by atoms with Crippen molar-refractivity contribution in [3.05, 3.63) is 123 Å². The van der Waals surface area contributed by atoms with E-state index in [1.165, 1.54) is 0 Å². The first-order valence-corrected chi connectivity index (χ1v) is 15.3. The molecule has 226 valence electrons. The summed E-state index contributed by atoms with van der Waals surface area (Å²) in [5, 5.41) is 11.2. The van der Waals surface area contributed by atoms with Gasteiger partial charge in [0.1, 0.15) is 24.1 Å². The second-order valence-electron chi connectivity index (χ2n) is 11.2. The summed E-state index contributed by atoms with van der Waals surface area (Å²) in [6, 6.07) is 25.8. The molecule has 4 aromatic rings. The highest BCUT2D eigenvalue weighted by Crippen LogP contribution is 2.43. The number of amides is 1. The zero-order valence-corrected chi connectivity index (χ0v) is 25.9. The minimum atomic E-state index is -0.854. The maximum Gasteiger partial charge on any atom is 0.321 e. The molecule has 0 spiro atoms. The van der Waals surface area contributed by atoms with Crippen LogP contribution < -0.4 is 14.4 Å². The van der Waals surface area contributed by atoms with Crippen LogP contribution in [0.25, 0.3) is 0 Å². The number of anilines is 1. The Morgan fingerprint density at radius 1 is 1.00 bits per heavy atom. The Bertz CT molecular complexity index is 1700. The molecule has 0 bridgehead atoms. The number of ether oxygens (including phenoxy) is 2. The molecule has 0 saturated heterocycles. The Balaban J connectivity index is 1.23. The Labute approximate surface area is 266 Å². The molecule has 6 rings (SSSR count). The first-order chi connectivity index (χ1) is 21.2. The molecule has 1 amide bonds. The highest BCUT2D eigenvalue weighted by atomic mass is 35.5. The van der Waals surface area contributed by atoms with Crippen molar-refractivity contribution in [2.75, 3.05) is 11.9 Å². The van der Waals surface area contributed by atoms with E-state index in [1.54, 1.807) is 24.1 Å². The maximum atomic E-state index is 13.5. The number of fused-ring (bicyclic) bond motifs is 2. The van der Waals surface area contributed by atoms with E-state index in [-0.39, 0.29) is 11.9 Å². The quantitative estimate of drug-likeness (QED) is 0.216. The highest BCUT2D eigenvalue weighted by molar-refractivity contribution is 6.42. The predicted octanol–water partition coefficient (Wildman–Crippen LogP) is 7.63. The average molecular weight is 632 g/mol. The lowest BCUT2D eigenvalue weighted by molar-refractivity contribution is -0.145. The third-order valence-electron chi connectivity index (χ3n) is 8.44. The van der Waals surface area contributed by atoms with Crippen LogP contribution >= 0.6 is 23.2 Å². The van der Waals surface area contributed by atoms with Crippen molar-refractivity contribution >= 4 is 40.8 Å². The second-order valence-corrected chi connectivity index (χ2v) is 12.0. The van der Waals surface area contributed by atoms with Crippen LogP contribution in [0.2, 0.25) is 10.0 Å². The van der Waals surface area contributed by atoms with E-state index in [9.17, 15) is 14.7 Å². The molecule has 0 aromatic heterocycles. The van der Waals surface area contributed by atoms with Crippen molar-refractivity contribution in [3.8, 4) is 11.5 Å². The zero-order chi connectivity index (χ0) is 31.0. The summed E-state index contributed by atoms with van der Waals surface area (Å²) in [6.45, 7) is 2.86. The molecule has 1 N–H and O–H groups in total. The lowest BCUT2D eigenvalue weighted by atomic mass is 9.89. The number of aliphatic carboxylic acids is 1. The van der Waals surface area contributed by atoms with E-state index in [0.717, 1.165) is 28.7 Å². The minimum absolute atomic E-state index is 0.0446. The molecule has 2 heterocycles. The van der Waals surface area contributed by atoms with Gasteiger partial charge in [-0.25, -0.2) is 0 Å². The molecular formula is C35H32Cl2N2O5. The van der Waals surface area contributed by atoms with Crippen LogP contribution in [0.1, 0.15) is 53.3 Å².